The monoisotopic (exact) mass is 293 g/mol. The third-order valence-electron chi connectivity index (χ3n) is 4.55. The first-order valence-electron chi connectivity index (χ1n) is 8.47. The van der Waals surface area contributed by atoms with E-state index < -0.39 is 0 Å². The fourth-order valence-corrected chi connectivity index (χ4v) is 4.42. The van der Waals surface area contributed by atoms with Crippen molar-refractivity contribution in [2.75, 3.05) is 13.1 Å². The van der Waals surface area contributed by atoms with Crippen molar-refractivity contribution < 1.29 is 0 Å². The van der Waals surface area contributed by atoms with Crippen LogP contribution in [-0.2, 0) is 12.8 Å². The predicted octanol–water partition coefficient (Wildman–Crippen LogP) is 4.91. The minimum Gasteiger partial charge on any atom is -0.316 e. The maximum Gasteiger partial charge on any atom is 0.00515 e. The highest BCUT2D eigenvalue weighted by Gasteiger charge is 2.25. The van der Waals surface area contributed by atoms with Gasteiger partial charge in [0.1, 0.15) is 0 Å². The van der Waals surface area contributed by atoms with Crippen molar-refractivity contribution >= 4 is 11.3 Å². The maximum atomic E-state index is 3.71. The molecule has 1 aliphatic rings. The lowest BCUT2D eigenvalue weighted by molar-refractivity contribution is 0.317. The van der Waals surface area contributed by atoms with Gasteiger partial charge in [0.2, 0.25) is 0 Å². The number of hydrogen-bond donors (Lipinski definition) is 1. The zero-order chi connectivity index (χ0) is 14.4. The first kappa shape index (κ1) is 16.0. The van der Waals surface area contributed by atoms with Gasteiger partial charge in [-0.2, -0.15) is 0 Å². The van der Waals surface area contributed by atoms with Gasteiger partial charge in [-0.3, -0.25) is 0 Å². The topological polar surface area (TPSA) is 12.0 Å². The summed E-state index contributed by atoms with van der Waals surface area (Å²) in [5.41, 5.74) is 0. The van der Waals surface area contributed by atoms with Crippen LogP contribution in [0.25, 0.3) is 0 Å². The molecule has 0 amide bonds. The Labute approximate surface area is 129 Å². The zero-order valence-electron chi connectivity index (χ0n) is 13.5. The van der Waals surface area contributed by atoms with E-state index in [1.165, 1.54) is 45.1 Å². The molecule has 1 unspecified atom stereocenters. The Hall–Kier alpha value is -0.340. The lowest BCUT2D eigenvalue weighted by Crippen LogP contribution is -2.31. The molecule has 1 saturated carbocycles. The van der Waals surface area contributed by atoms with Gasteiger partial charge in [0.05, 0.1) is 0 Å². The molecular formula is C18H31NS. The van der Waals surface area contributed by atoms with Gasteiger partial charge < -0.3 is 5.32 Å². The SMILES string of the molecule is CCc1ccc(CC(CNCC(C)C)C2CCCC2)s1. The van der Waals surface area contributed by atoms with Crippen molar-refractivity contribution in [3.63, 3.8) is 0 Å². The molecular weight excluding hydrogens is 262 g/mol. The summed E-state index contributed by atoms with van der Waals surface area (Å²) in [5, 5.41) is 3.71. The Bertz CT molecular complexity index is 377. The van der Waals surface area contributed by atoms with Crippen LogP contribution < -0.4 is 5.32 Å². The molecule has 1 heterocycles. The molecule has 1 aliphatic carbocycles. The van der Waals surface area contributed by atoms with E-state index in [-0.39, 0.29) is 0 Å². The molecule has 0 aromatic carbocycles. The van der Waals surface area contributed by atoms with E-state index in [0.717, 1.165) is 24.3 Å². The van der Waals surface area contributed by atoms with Crippen LogP contribution in [0.3, 0.4) is 0 Å². The van der Waals surface area contributed by atoms with Crippen molar-refractivity contribution in [2.45, 2.75) is 59.3 Å². The van der Waals surface area contributed by atoms with Crippen LogP contribution in [0.1, 0.15) is 56.2 Å². The molecule has 0 saturated heterocycles. The quantitative estimate of drug-likeness (QED) is 0.718. The molecule has 0 radical (unpaired) electrons. The van der Waals surface area contributed by atoms with Gasteiger partial charge in [-0.1, -0.05) is 46.5 Å². The smallest absolute Gasteiger partial charge is 0.00515 e. The van der Waals surface area contributed by atoms with Crippen LogP contribution in [-0.4, -0.2) is 13.1 Å². The molecule has 1 nitrogen and oxygen atoms in total. The first-order valence-corrected chi connectivity index (χ1v) is 9.29. The molecule has 1 N–H and O–H groups in total. The molecule has 2 heteroatoms. The van der Waals surface area contributed by atoms with Crippen molar-refractivity contribution in [2.24, 2.45) is 17.8 Å². The standard InChI is InChI=1S/C18H31NS/c1-4-17-9-10-18(20-17)11-16(13-19-12-14(2)3)15-7-5-6-8-15/h9-10,14-16,19H,4-8,11-13H2,1-3H3. The van der Waals surface area contributed by atoms with Crippen LogP contribution in [0.5, 0.6) is 0 Å². The van der Waals surface area contributed by atoms with Crippen LogP contribution in [0, 0.1) is 17.8 Å². The summed E-state index contributed by atoms with van der Waals surface area (Å²) in [6, 6.07) is 4.70. The number of nitrogens with one attached hydrogen (secondary N) is 1. The van der Waals surface area contributed by atoms with E-state index in [1.54, 1.807) is 9.75 Å². The largest absolute Gasteiger partial charge is 0.316 e. The van der Waals surface area contributed by atoms with Crippen LogP contribution in [0.15, 0.2) is 12.1 Å². The molecule has 0 bridgehead atoms. The normalized spacial score (nSPS) is 18.0. The minimum absolute atomic E-state index is 0.757. The molecule has 20 heavy (non-hydrogen) atoms. The average molecular weight is 294 g/mol. The number of hydrogen-bond acceptors (Lipinski definition) is 2. The van der Waals surface area contributed by atoms with Gasteiger partial charge in [0.25, 0.3) is 0 Å². The first-order chi connectivity index (χ1) is 9.69. The Morgan fingerprint density at radius 1 is 1.15 bits per heavy atom. The Morgan fingerprint density at radius 3 is 2.45 bits per heavy atom. The number of rotatable bonds is 8. The third-order valence-corrected chi connectivity index (χ3v) is 5.81. The fourth-order valence-electron chi connectivity index (χ4n) is 3.37. The van der Waals surface area contributed by atoms with Gasteiger partial charge in [-0.15, -0.1) is 11.3 Å². The molecule has 2 rings (SSSR count). The van der Waals surface area contributed by atoms with E-state index in [9.17, 15) is 0 Å². The third kappa shape index (κ3) is 4.89. The van der Waals surface area contributed by atoms with Gasteiger partial charge >= 0.3 is 0 Å². The molecule has 0 aliphatic heterocycles. The summed E-state index contributed by atoms with van der Waals surface area (Å²) in [6.45, 7) is 9.22. The second-order valence-electron chi connectivity index (χ2n) is 6.78. The Balaban J connectivity index is 1.90. The van der Waals surface area contributed by atoms with Gasteiger partial charge in [0.15, 0.2) is 0 Å². The molecule has 0 spiro atoms. The lowest BCUT2D eigenvalue weighted by Gasteiger charge is -2.24. The minimum atomic E-state index is 0.757. The Kier molecular flexibility index (Phi) is 6.57. The van der Waals surface area contributed by atoms with E-state index in [0.29, 0.717) is 0 Å². The summed E-state index contributed by atoms with van der Waals surface area (Å²) in [5.74, 6) is 2.56. The fraction of sp³-hybridized carbons (Fsp3) is 0.778. The molecule has 1 atom stereocenters. The van der Waals surface area contributed by atoms with Crippen LogP contribution in [0.2, 0.25) is 0 Å². The van der Waals surface area contributed by atoms with Crippen molar-refractivity contribution in [3.8, 4) is 0 Å². The number of thiophene rings is 1. The predicted molar refractivity (Wildman–Crippen MR) is 90.6 cm³/mol. The molecule has 1 aromatic heterocycles. The Morgan fingerprint density at radius 2 is 1.85 bits per heavy atom. The maximum absolute atomic E-state index is 3.71. The second-order valence-corrected chi connectivity index (χ2v) is 8.04. The highest BCUT2D eigenvalue weighted by Crippen LogP contribution is 2.34. The van der Waals surface area contributed by atoms with E-state index in [1.807, 2.05) is 11.3 Å². The summed E-state index contributed by atoms with van der Waals surface area (Å²) < 4.78 is 0. The van der Waals surface area contributed by atoms with Crippen LogP contribution >= 0.6 is 11.3 Å². The summed E-state index contributed by atoms with van der Waals surface area (Å²) in [7, 11) is 0. The van der Waals surface area contributed by atoms with Gasteiger partial charge in [0, 0.05) is 9.75 Å². The van der Waals surface area contributed by atoms with E-state index in [2.05, 4.69) is 38.2 Å². The van der Waals surface area contributed by atoms with E-state index >= 15 is 0 Å². The highest BCUT2D eigenvalue weighted by atomic mass is 32.1. The highest BCUT2D eigenvalue weighted by molar-refractivity contribution is 7.11. The molecule has 1 fully saturated rings. The van der Waals surface area contributed by atoms with Crippen LogP contribution in [0.4, 0.5) is 0 Å². The average Bonchev–Trinajstić information content (AvgIpc) is 3.08. The van der Waals surface area contributed by atoms with Gasteiger partial charge in [-0.05, 0) is 55.8 Å². The van der Waals surface area contributed by atoms with E-state index in [4.69, 9.17) is 0 Å². The number of aryl methyl sites for hydroxylation is 1. The molecule has 1 aromatic rings. The zero-order valence-corrected chi connectivity index (χ0v) is 14.3. The van der Waals surface area contributed by atoms with Crippen molar-refractivity contribution in [1.82, 2.24) is 5.32 Å². The molecule has 114 valence electrons. The lowest BCUT2D eigenvalue weighted by atomic mass is 9.87. The summed E-state index contributed by atoms with van der Waals surface area (Å²) in [4.78, 5) is 3.14. The second kappa shape index (κ2) is 8.19. The summed E-state index contributed by atoms with van der Waals surface area (Å²) >= 11 is 2.03. The van der Waals surface area contributed by atoms with Crippen molar-refractivity contribution in [3.05, 3.63) is 21.9 Å². The summed E-state index contributed by atoms with van der Waals surface area (Å²) in [6.07, 6.45) is 8.30. The van der Waals surface area contributed by atoms with Gasteiger partial charge in [-0.25, -0.2) is 0 Å². The van der Waals surface area contributed by atoms with Crippen molar-refractivity contribution in [1.29, 1.82) is 0 Å².